The lowest BCUT2D eigenvalue weighted by Gasteiger charge is -2.28. The van der Waals surface area contributed by atoms with Crippen LogP contribution in [-0.4, -0.2) is 43.6 Å². The van der Waals surface area contributed by atoms with E-state index in [2.05, 4.69) is 37.5 Å². The molecule has 3 aromatic rings. The molecule has 0 radical (unpaired) electrons. The third-order valence-corrected chi connectivity index (χ3v) is 5.22. The highest BCUT2D eigenvalue weighted by Gasteiger charge is 2.16. The van der Waals surface area contributed by atoms with Crippen molar-refractivity contribution in [3.63, 3.8) is 0 Å². The van der Waals surface area contributed by atoms with Gasteiger partial charge < -0.3 is 9.97 Å². The molecule has 0 aromatic carbocycles. The van der Waals surface area contributed by atoms with E-state index in [1.54, 1.807) is 12.5 Å². The number of rotatable bonds is 2. The fraction of sp³-hybridized carbons (Fsp3) is 0.500. The van der Waals surface area contributed by atoms with Crippen molar-refractivity contribution < 1.29 is 0 Å². The molecule has 0 aliphatic heterocycles. The zero-order valence-corrected chi connectivity index (χ0v) is 14.0. The Kier molecular flexibility index (Phi) is 5.00. The van der Waals surface area contributed by atoms with E-state index in [4.69, 9.17) is 0 Å². The molecule has 4 rings (SSSR count). The molecule has 6 heteroatoms. The molecule has 118 valence electrons. The van der Waals surface area contributed by atoms with Crippen LogP contribution in [0.25, 0.3) is 22.1 Å². The number of nitrogens with zero attached hydrogens (tertiary/aromatic N) is 3. The molecule has 1 aliphatic rings. The Hall–Kier alpha value is -1.53. The third kappa shape index (κ3) is 3.28. The lowest BCUT2D eigenvalue weighted by atomic mass is 9.96. The fourth-order valence-corrected chi connectivity index (χ4v) is 3.51. The first-order chi connectivity index (χ1) is 10.8. The van der Waals surface area contributed by atoms with Crippen LogP contribution in [0.5, 0.6) is 0 Å². The summed E-state index contributed by atoms with van der Waals surface area (Å²) in [5.74, 6) is 0. The molecule has 0 amide bonds. The molecule has 22 heavy (non-hydrogen) atoms. The highest BCUT2D eigenvalue weighted by atomic mass is 32.2. The molecule has 0 spiro atoms. The minimum Gasteiger partial charge on any atom is -0.346 e. The molecule has 3 heterocycles. The molecule has 0 bridgehead atoms. The van der Waals surface area contributed by atoms with Gasteiger partial charge in [-0.15, -0.1) is 0 Å². The summed E-state index contributed by atoms with van der Waals surface area (Å²) in [4.78, 5) is 14.5. The molecule has 2 N–H and O–H groups in total. The van der Waals surface area contributed by atoms with Crippen molar-refractivity contribution in [1.82, 2.24) is 24.2 Å². The molecule has 0 saturated heterocycles. The molecule has 3 aromatic heterocycles. The van der Waals surface area contributed by atoms with E-state index in [1.165, 1.54) is 32.1 Å². The lowest BCUT2D eigenvalue weighted by molar-refractivity contribution is 0.306. The van der Waals surface area contributed by atoms with Crippen molar-refractivity contribution in [3.05, 3.63) is 24.8 Å². The highest BCUT2D eigenvalue weighted by molar-refractivity contribution is 7.96. The Balaban J connectivity index is 0.000000134. The normalized spacial score (nSPS) is 16.1. The van der Waals surface area contributed by atoms with Gasteiger partial charge in [-0.05, 0) is 32.2 Å². The first-order valence-corrected chi connectivity index (χ1v) is 9.00. The topological polar surface area (TPSA) is 60.6 Å². The van der Waals surface area contributed by atoms with Crippen LogP contribution >= 0.6 is 11.9 Å². The number of imidazole rings is 1. The Labute approximate surface area is 135 Å². The second-order valence-corrected chi connectivity index (χ2v) is 6.62. The zero-order chi connectivity index (χ0) is 15.4. The van der Waals surface area contributed by atoms with Crippen molar-refractivity contribution in [2.45, 2.75) is 38.1 Å². The van der Waals surface area contributed by atoms with Gasteiger partial charge in [-0.25, -0.2) is 9.97 Å². The summed E-state index contributed by atoms with van der Waals surface area (Å²) in [6.07, 6.45) is 14.7. The molecule has 5 nitrogen and oxygen atoms in total. The summed E-state index contributed by atoms with van der Waals surface area (Å²) < 4.78 is 2.40. The van der Waals surface area contributed by atoms with E-state index in [9.17, 15) is 0 Å². The van der Waals surface area contributed by atoms with E-state index in [1.807, 2.05) is 24.2 Å². The molecule has 1 aliphatic carbocycles. The second-order valence-electron chi connectivity index (χ2n) is 5.68. The Morgan fingerprint density at radius 2 is 2.00 bits per heavy atom. The van der Waals surface area contributed by atoms with Crippen molar-refractivity contribution in [3.8, 4) is 0 Å². The molecule has 0 atom stereocenters. The van der Waals surface area contributed by atoms with E-state index < -0.39 is 0 Å². The van der Waals surface area contributed by atoms with Crippen LogP contribution in [0.15, 0.2) is 24.8 Å². The number of H-pyrrole nitrogens is 2. The largest absolute Gasteiger partial charge is 0.346 e. The van der Waals surface area contributed by atoms with Gasteiger partial charge in [0.05, 0.1) is 18.0 Å². The number of nitrogens with one attached hydrogen (secondary N) is 2. The number of aromatic amines is 2. The van der Waals surface area contributed by atoms with Gasteiger partial charge in [0.25, 0.3) is 0 Å². The van der Waals surface area contributed by atoms with Crippen LogP contribution in [0.4, 0.5) is 0 Å². The van der Waals surface area contributed by atoms with Gasteiger partial charge in [-0.1, -0.05) is 31.2 Å². The standard InChI is InChI=1S/C8H6N4.C8H17NS/c1-2-9-8-5(1)7-6(3-10-8)11-4-12-7;1-9(10-2)8-6-4-3-5-7-8/h1-4H,(H,9,10)(H,11,12);8H,3-7H2,1-2H3. The number of hydrogen-bond donors (Lipinski definition) is 2. The number of pyridine rings is 1. The van der Waals surface area contributed by atoms with Gasteiger partial charge in [0, 0.05) is 17.6 Å². The molecular formula is C16H23N5S. The van der Waals surface area contributed by atoms with Gasteiger partial charge >= 0.3 is 0 Å². The van der Waals surface area contributed by atoms with Crippen LogP contribution in [0, 0.1) is 0 Å². The minimum absolute atomic E-state index is 0.865. The van der Waals surface area contributed by atoms with Crippen molar-refractivity contribution in [2.75, 3.05) is 13.3 Å². The Bertz CT molecular complexity index is 664. The first-order valence-electron chi connectivity index (χ1n) is 7.81. The van der Waals surface area contributed by atoms with Gasteiger partial charge in [0.2, 0.25) is 0 Å². The number of hydrogen-bond acceptors (Lipinski definition) is 4. The minimum atomic E-state index is 0.865. The van der Waals surface area contributed by atoms with Gasteiger partial charge in [0.1, 0.15) is 11.2 Å². The van der Waals surface area contributed by atoms with E-state index in [0.29, 0.717) is 0 Å². The zero-order valence-electron chi connectivity index (χ0n) is 13.2. The maximum absolute atomic E-state index is 4.21. The SMILES string of the molecule is CSN(C)C1CCCCC1.c1nc2c(cnc3[nH]ccc32)[nH]1. The van der Waals surface area contributed by atoms with Crippen LogP contribution in [0.2, 0.25) is 0 Å². The van der Waals surface area contributed by atoms with Crippen molar-refractivity contribution >= 4 is 34.0 Å². The van der Waals surface area contributed by atoms with Crippen LogP contribution in [-0.2, 0) is 0 Å². The quantitative estimate of drug-likeness (QED) is 0.702. The summed E-state index contributed by atoms with van der Waals surface area (Å²) in [6, 6.07) is 2.84. The smallest absolute Gasteiger partial charge is 0.139 e. The number of fused-ring (bicyclic) bond motifs is 3. The highest BCUT2D eigenvalue weighted by Crippen LogP contribution is 2.24. The van der Waals surface area contributed by atoms with Crippen LogP contribution in [0.3, 0.4) is 0 Å². The maximum atomic E-state index is 4.21. The third-order valence-electron chi connectivity index (χ3n) is 4.35. The summed E-state index contributed by atoms with van der Waals surface area (Å²) in [5.41, 5.74) is 2.83. The van der Waals surface area contributed by atoms with Gasteiger partial charge in [-0.2, -0.15) is 0 Å². The van der Waals surface area contributed by atoms with E-state index in [-0.39, 0.29) is 0 Å². The monoisotopic (exact) mass is 317 g/mol. The Morgan fingerprint density at radius 1 is 1.18 bits per heavy atom. The molecular weight excluding hydrogens is 294 g/mol. The number of aromatic nitrogens is 4. The summed E-state index contributed by atoms with van der Waals surface area (Å²) in [5, 5.41) is 1.06. The van der Waals surface area contributed by atoms with Crippen LogP contribution in [0.1, 0.15) is 32.1 Å². The summed E-state index contributed by atoms with van der Waals surface area (Å²) in [6.45, 7) is 0. The van der Waals surface area contributed by atoms with Crippen LogP contribution < -0.4 is 0 Å². The lowest BCUT2D eigenvalue weighted by Crippen LogP contribution is -2.27. The van der Waals surface area contributed by atoms with Crippen molar-refractivity contribution in [2.24, 2.45) is 0 Å². The Morgan fingerprint density at radius 3 is 2.77 bits per heavy atom. The predicted molar refractivity (Wildman–Crippen MR) is 93.9 cm³/mol. The van der Waals surface area contributed by atoms with E-state index in [0.717, 1.165) is 28.1 Å². The molecule has 1 fully saturated rings. The molecule has 0 unspecified atom stereocenters. The van der Waals surface area contributed by atoms with Crippen molar-refractivity contribution in [1.29, 1.82) is 0 Å². The van der Waals surface area contributed by atoms with E-state index >= 15 is 0 Å². The summed E-state index contributed by atoms with van der Waals surface area (Å²) >= 11 is 1.86. The maximum Gasteiger partial charge on any atom is 0.139 e. The first kappa shape index (κ1) is 15.4. The molecule has 1 saturated carbocycles. The fourth-order valence-electron chi connectivity index (χ4n) is 3.00. The second kappa shape index (κ2) is 7.15. The van der Waals surface area contributed by atoms with Gasteiger partial charge in [0.15, 0.2) is 0 Å². The average Bonchev–Trinajstić information content (AvgIpc) is 3.23. The summed E-state index contributed by atoms with van der Waals surface area (Å²) in [7, 11) is 2.21. The van der Waals surface area contributed by atoms with Gasteiger partial charge in [-0.3, -0.25) is 4.31 Å². The average molecular weight is 317 g/mol. The predicted octanol–water partition coefficient (Wildman–Crippen LogP) is 3.97.